The van der Waals surface area contributed by atoms with Crippen LogP contribution in [0.2, 0.25) is 0 Å². The van der Waals surface area contributed by atoms with Gasteiger partial charge in [0, 0.05) is 24.8 Å². The molecule has 2 aliphatic rings. The summed E-state index contributed by atoms with van der Waals surface area (Å²) < 4.78 is 56.6. The molecule has 0 bridgehead atoms. The van der Waals surface area contributed by atoms with E-state index in [1.807, 2.05) is 0 Å². The molecule has 0 spiro atoms. The Bertz CT molecular complexity index is 1260. The van der Waals surface area contributed by atoms with Crippen LogP contribution in [-0.4, -0.2) is 47.1 Å². The van der Waals surface area contributed by atoms with E-state index in [2.05, 4.69) is 20.9 Å². The Balaban J connectivity index is 1.42. The minimum absolute atomic E-state index is 0.0266. The molecule has 2 aromatic carbocycles. The molecule has 2 heterocycles. The second kappa shape index (κ2) is 8.20. The number of urea groups is 1. The van der Waals surface area contributed by atoms with E-state index in [0.29, 0.717) is 28.7 Å². The highest BCUT2D eigenvalue weighted by Crippen LogP contribution is 2.45. The number of aromatic nitrogens is 1. The third-order valence-electron chi connectivity index (χ3n) is 5.88. The Hall–Kier alpha value is -3.25. The smallest absolute Gasteiger partial charge is 0.336 e. The molecule has 1 unspecified atom stereocenters. The Morgan fingerprint density at radius 3 is 2.56 bits per heavy atom. The first-order valence-electron chi connectivity index (χ1n) is 10.5. The second-order valence-electron chi connectivity index (χ2n) is 8.19. The molecule has 12 heteroatoms. The van der Waals surface area contributed by atoms with Gasteiger partial charge in [-0.3, -0.25) is 15.4 Å². The molecule has 34 heavy (non-hydrogen) atoms. The van der Waals surface area contributed by atoms with Crippen molar-refractivity contribution in [3.63, 3.8) is 0 Å². The minimum Gasteiger partial charge on any atom is -0.336 e. The van der Waals surface area contributed by atoms with Crippen LogP contribution in [0.15, 0.2) is 42.5 Å². The van der Waals surface area contributed by atoms with Gasteiger partial charge in [-0.05, 0) is 54.8 Å². The molecule has 2 fully saturated rings. The summed E-state index contributed by atoms with van der Waals surface area (Å²) in [5.74, 6) is -1.44. The van der Waals surface area contributed by atoms with Gasteiger partial charge in [-0.1, -0.05) is 17.4 Å². The first-order chi connectivity index (χ1) is 16.2. The number of amides is 3. The van der Waals surface area contributed by atoms with Gasteiger partial charge in [0.1, 0.15) is 5.82 Å². The molecule has 1 aromatic heterocycles. The van der Waals surface area contributed by atoms with Crippen LogP contribution in [0, 0.1) is 5.82 Å². The first kappa shape index (κ1) is 22.5. The summed E-state index contributed by atoms with van der Waals surface area (Å²) in [5, 5.41) is 7.65. The van der Waals surface area contributed by atoms with Crippen molar-refractivity contribution in [2.75, 3.05) is 23.7 Å². The number of benzene rings is 2. The standard InChI is InChI=1S/C22H19F4N5O2S/c23-13-2-4-14(5-3-13)28-19(33)30-20-29-16-8-1-12(11-17(16)34-20)21(22(24,25)26)18(32)31(10-9-27-21)15-6-7-15/h1-5,8,11,15,27H,6-7,9-10H2,(H2,28,29,30,33). The topological polar surface area (TPSA) is 86.4 Å². The number of rotatable bonds is 4. The summed E-state index contributed by atoms with van der Waals surface area (Å²) in [4.78, 5) is 30.9. The van der Waals surface area contributed by atoms with Gasteiger partial charge in [-0.25, -0.2) is 14.2 Å². The van der Waals surface area contributed by atoms with Gasteiger partial charge < -0.3 is 10.2 Å². The fourth-order valence-electron chi connectivity index (χ4n) is 4.11. The second-order valence-corrected chi connectivity index (χ2v) is 9.22. The maximum Gasteiger partial charge on any atom is 0.419 e. The highest BCUT2D eigenvalue weighted by molar-refractivity contribution is 7.22. The largest absolute Gasteiger partial charge is 0.419 e. The number of carbonyl (C=O) groups excluding carboxylic acids is 2. The van der Waals surface area contributed by atoms with Crippen molar-refractivity contribution in [3.05, 3.63) is 53.8 Å². The van der Waals surface area contributed by atoms with Crippen molar-refractivity contribution in [1.82, 2.24) is 15.2 Å². The summed E-state index contributed by atoms with van der Waals surface area (Å²) in [6.45, 7) is 0.264. The molecular formula is C22H19F4N5O2S. The van der Waals surface area contributed by atoms with Gasteiger partial charge in [-0.2, -0.15) is 13.2 Å². The van der Waals surface area contributed by atoms with Crippen LogP contribution in [0.25, 0.3) is 10.2 Å². The fourth-order valence-corrected chi connectivity index (χ4v) is 5.01. The van der Waals surface area contributed by atoms with Crippen molar-refractivity contribution >= 4 is 44.3 Å². The van der Waals surface area contributed by atoms with Crippen molar-refractivity contribution in [3.8, 4) is 0 Å². The normalized spacial score (nSPS) is 21.1. The predicted molar refractivity (Wildman–Crippen MR) is 119 cm³/mol. The number of fused-ring (bicyclic) bond motifs is 1. The third kappa shape index (κ3) is 3.96. The molecule has 3 amide bonds. The first-order valence-corrected chi connectivity index (χ1v) is 11.4. The molecule has 5 rings (SSSR count). The number of piperazine rings is 1. The van der Waals surface area contributed by atoms with E-state index in [1.54, 1.807) is 0 Å². The lowest BCUT2D eigenvalue weighted by molar-refractivity contribution is -0.214. The molecule has 3 N–H and O–H groups in total. The van der Waals surface area contributed by atoms with Crippen LogP contribution in [0.3, 0.4) is 0 Å². The van der Waals surface area contributed by atoms with Gasteiger partial charge in [0.25, 0.3) is 5.91 Å². The van der Waals surface area contributed by atoms with E-state index in [4.69, 9.17) is 0 Å². The van der Waals surface area contributed by atoms with Crippen molar-refractivity contribution in [2.24, 2.45) is 0 Å². The molecule has 0 radical (unpaired) electrons. The average Bonchev–Trinajstić information content (AvgIpc) is 3.54. The number of nitrogens with one attached hydrogen (secondary N) is 3. The van der Waals surface area contributed by atoms with E-state index >= 15 is 0 Å². The molecule has 3 aromatic rings. The quantitative estimate of drug-likeness (QED) is 0.470. The number of anilines is 2. The Labute approximate surface area is 195 Å². The number of halogens is 4. The average molecular weight is 493 g/mol. The Morgan fingerprint density at radius 2 is 1.88 bits per heavy atom. The van der Waals surface area contributed by atoms with E-state index < -0.39 is 29.5 Å². The van der Waals surface area contributed by atoms with Crippen LogP contribution in [0.1, 0.15) is 18.4 Å². The monoisotopic (exact) mass is 493 g/mol. The number of hydrogen-bond donors (Lipinski definition) is 3. The van der Waals surface area contributed by atoms with Gasteiger partial charge in [0.2, 0.25) is 5.54 Å². The van der Waals surface area contributed by atoms with Crippen molar-refractivity contribution in [1.29, 1.82) is 0 Å². The molecule has 1 saturated heterocycles. The van der Waals surface area contributed by atoms with Gasteiger partial charge >= 0.3 is 12.2 Å². The summed E-state index contributed by atoms with van der Waals surface area (Å²) in [6, 6.07) is 8.32. The van der Waals surface area contributed by atoms with Crippen LogP contribution in [0.5, 0.6) is 0 Å². The zero-order chi connectivity index (χ0) is 24.1. The fraction of sp³-hybridized carbons (Fsp3) is 0.318. The van der Waals surface area contributed by atoms with Crippen LogP contribution >= 0.6 is 11.3 Å². The predicted octanol–water partition coefficient (Wildman–Crippen LogP) is 4.43. The number of thiazole rings is 1. The molecule has 1 aliphatic heterocycles. The van der Waals surface area contributed by atoms with Crippen LogP contribution in [0.4, 0.5) is 33.2 Å². The van der Waals surface area contributed by atoms with Crippen LogP contribution in [-0.2, 0) is 10.3 Å². The highest BCUT2D eigenvalue weighted by Gasteiger charge is 2.65. The van der Waals surface area contributed by atoms with E-state index in [9.17, 15) is 27.2 Å². The molecule has 178 valence electrons. The Morgan fingerprint density at radius 1 is 1.15 bits per heavy atom. The molecule has 1 saturated carbocycles. The molecule has 1 aliphatic carbocycles. The van der Waals surface area contributed by atoms with E-state index in [-0.39, 0.29) is 29.8 Å². The lowest BCUT2D eigenvalue weighted by atomic mass is 9.85. The summed E-state index contributed by atoms with van der Waals surface area (Å²) in [7, 11) is 0. The summed E-state index contributed by atoms with van der Waals surface area (Å²) in [6.07, 6.45) is -3.43. The lowest BCUT2D eigenvalue weighted by Gasteiger charge is -2.43. The zero-order valence-corrected chi connectivity index (χ0v) is 18.4. The zero-order valence-electron chi connectivity index (χ0n) is 17.6. The van der Waals surface area contributed by atoms with E-state index in [0.717, 1.165) is 11.3 Å². The SMILES string of the molecule is O=C(Nc1ccc(F)cc1)Nc1nc2ccc(C3(C(F)(F)F)NCCN(C4CC4)C3=O)cc2s1. The van der Waals surface area contributed by atoms with Gasteiger partial charge in [0.05, 0.1) is 10.2 Å². The van der Waals surface area contributed by atoms with Gasteiger partial charge in [-0.15, -0.1) is 0 Å². The van der Waals surface area contributed by atoms with Crippen LogP contribution < -0.4 is 16.0 Å². The number of carbonyl (C=O) groups is 2. The maximum atomic E-state index is 14.4. The third-order valence-corrected chi connectivity index (χ3v) is 6.81. The summed E-state index contributed by atoms with van der Waals surface area (Å²) >= 11 is 0.984. The number of nitrogens with zero attached hydrogens (tertiary/aromatic N) is 2. The number of alkyl halides is 3. The van der Waals surface area contributed by atoms with E-state index in [1.165, 1.54) is 47.4 Å². The molecule has 7 nitrogen and oxygen atoms in total. The maximum absolute atomic E-state index is 14.4. The highest BCUT2D eigenvalue weighted by atomic mass is 32.1. The lowest BCUT2D eigenvalue weighted by Crippen LogP contribution is -2.69. The van der Waals surface area contributed by atoms with Crippen molar-refractivity contribution < 1.29 is 27.2 Å². The number of hydrogen-bond acceptors (Lipinski definition) is 5. The minimum atomic E-state index is -4.86. The van der Waals surface area contributed by atoms with Crippen molar-refractivity contribution in [2.45, 2.75) is 30.6 Å². The molecular weight excluding hydrogens is 474 g/mol. The Kier molecular flexibility index (Phi) is 5.44. The van der Waals surface area contributed by atoms with Gasteiger partial charge in [0.15, 0.2) is 5.13 Å². The summed E-state index contributed by atoms with van der Waals surface area (Å²) in [5.41, 5.74) is -2.31. The molecule has 1 atom stereocenters.